The zero-order valence-electron chi connectivity index (χ0n) is 27.6. The summed E-state index contributed by atoms with van der Waals surface area (Å²) < 4.78 is 6.09. The molecule has 2 spiro atoms. The molecule has 0 bridgehead atoms. The highest BCUT2D eigenvalue weighted by atomic mass is 32.2. The van der Waals surface area contributed by atoms with Crippen LogP contribution in [0, 0.1) is 50.7 Å². The van der Waals surface area contributed by atoms with Crippen molar-refractivity contribution in [2.45, 2.75) is 119 Å². The largest absolute Gasteiger partial charge is 0.462 e. The monoisotopic (exact) mass is 602 g/mol. The summed E-state index contributed by atoms with van der Waals surface area (Å²) in [4.78, 5) is 54.5. The first-order valence-corrected chi connectivity index (χ1v) is 17.2. The van der Waals surface area contributed by atoms with Crippen LogP contribution in [-0.2, 0) is 23.9 Å². The van der Waals surface area contributed by atoms with Crippen molar-refractivity contribution in [2.24, 2.45) is 50.7 Å². The number of Topliss-reactive ketones (excluding diaryl/α,β-unsaturated/α-hetero) is 1. The van der Waals surface area contributed by atoms with Gasteiger partial charge in [-0.25, -0.2) is 0 Å². The fourth-order valence-corrected chi connectivity index (χ4v) is 12.4. The molecule has 0 radical (unpaired) electrons. The number of esters is 1. The van der Waals surface area contributed by atoms with Gasteiger partial charge in [0.15, 0.2) is 5.12 Å². The van der Waals surface area contributed by atoms with Gasteiger partial charge in [-0.1, -0.05) is 46.4 Å². The summed E-state index contributed by atoms with van der Waals surface area (Å²) in [5.41, 5.74) is -1.09. The number of ketones is 1. The molecular weight excluding hydrogens is 548 g/mol. The molecule has 5 fully saturated rings. The molecule has 0 aliphatic heterocycles. The summed E-state index contributed by atoms with van der Waals surface area (Å²) in [5.74, 6) is 1.41. The van der Waals surface area contributed by atoms with Crippen molar-refractivity contribution in [3.05, 3.63) is 0 Å². The lowest BCUT2D eigenvalue weighted by molar-refractivity contribution is -0.170. The minimum Gasteiger partial charge on any atom is -0.462 e. The number of carbonyl (C=O) groups is 4. The highest BCUT2D eigenvalue weighted by Gasteiger charge is 2.86. The van der Waals surface area contributed by atoms with Gasteiger partial charge in [0, 0.05) is 60.8 Å². The van der Waals surface area contributed by atoms with Crippen LogP contribution < -0.4 is 5.32 Å². The van der Waals surface area contributed by atoms with E-state index in [0.717, 1.165) is 38.5 Å². The van der Waals surface area contributed by atoms with E-state index in [1.54, 1.807) is 6.92 Å². The molecule has 7 nitrogen and oxygen atoms in total. The molecule has 11 atom stereocenters. The minimum absolute atomic E-state index is 0.00577. The van der Waals surface area contributed by atoms with Crippen LogP contribution in [0.1, 0.15) is 100 Å². The van der Waals surface area contributed by atoms with E-state index in [9.17, 15) is 19.2 Å². The van der Waals surface area contributed by atoms with Crippen molar-refractivity contribution in [2.75, 3.05) is 19.8 Å². The SMILES string of the molecule is CC(=O)O[C@@H]1C[C@@]2(C)C3CC[C@@H]4C5(CCC(NC(=O)C(C)C)[C@@]4(C)CSC(C)=O)CC35C(=O)CC2(C)C1[C@H](C)N(C)C. The number of ether oxygens (including phenoxy) is 1. The average Bonchev–Trinajstić information content (AvgIpc) is 3.52. The van der Waals surface area contributed by atoms with Gasteiger partial charge in [0.05, 0.1) is 0 Å². The van der Waals surface area contributed by atoms with E-state index in [1.807, 2.05) is 13.8 Å². The normalized spacial score (nSPS) is 46.3. The molecule has 0 aromatic heterocycles. The third kappa shape index (κ3) is 4.23. The third-order valence-corrected chi connectivity index (χ3v) is 14.9. The molecule has 6 unspecified atom stereocenters. The number of hydrogen-bond acceptors (Lipinski definition) is 7. The molecule has 5 aliphatic carbocycles. The Kier molecular flexibility index (Phi) is 7.86. The lowest BCUT2D eigenvalue weighted by atomic mass is 9.41. The van der Waals surface area contributed by atoms with Crippen LogP contribution >= 0.6 is 11.8 Å². The molecule has 1 N–H and O–H groups in total. The zero-order valence-corrected chi connectivity index (χ0v) is 28.4. The Morgan fingerprint density at radius 3 is 2.24 bits per heavy atom. The van der Waals surface area contributed by atoms with Crippen LogP contribution in [0.2, 0.25) is 0 Å². The van der Waals surface area contributed by atoms with Gasteiger partial charge in [-0.15, -0.1) is 0 Å². The fourth-order valence-electron chi connectivity index (χ4n) is 11.5. The van der Waals surface area contributed by atoms with Crippen LogP contribution in [0.3, 0.4) is 0 Å². The molecule has 42 heavy (non-hydrogen) atoms. The van der Waals surface area contributed by atoms with Crippen molar-refractivity contribution >= 4 is 34.5 Å². The Labute approximate surface area is 257 Å². The van der Waals surface area contributed by atoms with Gasteiger partial charge in [-0.05, 0) is 87.6 Å². The van der Waals surface area contributed by atoms with E-state index in [-0.39, 0.29) is 85.9 Å². The van der Waals surface area contributed by atoms with E-state index in [2.05, 4.69) is 52.0 Å². The summed E-state index contributed by atoms with van der Waals surface area (Å²) in [6.45, 7) is 16.2. The van der Waals surface area contributed by atoms with Crippen LogP contribution in [0.25, 0.3) is 0 Å². The Balaban J connectivity index is 1.54. The maximum absolute atomic E-state index is 14.8. The summed E-state index contributed by atoms with van der Waals surface area (Å²) >= 11 is 1.37. The number of rotatable bonds is 7. The second-order valence-electron chi connectivity index (χ2n) is 16.0. The number of fused-ring (bicyclic) bond motifs is 2. The van der Waals surface area contributed by atoms with Gasteiger partial charge in [-0.3, -0.25) is 19.2 Å². The molecular formula is C34H54N2O5S. The summed E-state index contributed by atoms with van der Waals surface area (Å²) in [6, 6.07) is 0.160. The van der Waals surface area contributed by atoms with E-state index in [0.29, 0.717) is 18.0 Å². The first kappa shape index (κ1) is 32.0. The molecule has 236 valence electrons. The number of hydrogen-bond donors (Lipinski definition) is 1. The molecule has 1 amide bonds. The number of amides is 1. The van der Waals surface area contributed by atoms with Crippen molar-refractivity contribution in [1.82, 2.24) is 10.2 Å². The second kappa shape index (κ2) is 10.3. The predicted molar refractivity (Wildman–Crippen MR) is 166 cm³/mol. The quantitative estimate of drug-likeness (QED) is 0.385. The molecule has 5 rings (SSSR count). The van der Waals surface area contributed by atoms with Crippen molar-refractivity contribution in [3.63, 3.8) is 0 Å². The van der Waals surface area contributed by atoms with Crippen molar-refractivity contribution in [1.29, 1.82) is 0 Å². The number of nitrogens with zero attached hydrogens (tertiary/aromatic N) is 1. The van der Waals surface area contributed by atoms with E-state index in [4.69, 9.17) is 4.74 Å². The van der Waals surface area contributed by atoms with Crippen molar-refractivity contribution < 1.29 is 23.9 Å². The number of carbonyl (C=O) groups excluding carboxylic acids is 4. The first-order chi connectivity index (χ1) is 19.4. The van der Waals surface area contributed by atoms with Crippen LogP contribution in [-0.4, -0.2) is 65.7 Å². The highest BCUT2D eigenvalue weighted by molar-refractivity contribution is 8.13. The van der Waals surface area contributed by atoms with E-state index < -0.39 is 0 Å². The molecule has 0 saturated heterocycles. The minimum atomic E-state index is -0.351. The van der Waals surface area contributed by atoms with Gasteiger partial charge in [0.2, 0.25) is 5.91 Å². The molecule has 5 saturated carbocycles. The molecule has 0 aromatic rings. The van der Waals surface area contributed by atoms with Gasteiger partial charge in [0.1, 0.15) is 11.9 Å². The van der Waals surface area contributed by atoms with Crippen LogP contribution in [0.15, 0.2) is 0 Å². The van der Waals surface area contributed by atoms with Crippen LogP contribution in [0.4, 0.5) is 0 Å². The maximum Gasteiger partial charge on any atom is 0.302 e. The Morgan fingerprint density at radius 1 is 1.02 bits per heavy atom. The fraction of sp³-hybridized carbons (Fsp3) is 0.882. The third-order valence-electron chi connectivity index (χ3n) is 13.8. The van der Waals surface area contributed by atoms with E-state index in [1.165, 1.54) is 18.7 Å². The maximum atomic E-state index is 14.8. The van der Waals surface area contributed by atoms with Crippen LogP contribution in [0.5, 0.6) is 0 Å². The van der Waals surface area contributed by atoms with Gasteiger partial charge >= 0.3 is 5.97 Å². The first-order valence-electron chi connectivity index (χ1n) is 16.2. The van der Waals surface area contributed by atoms with Gasteiger partial charge in [0.25, 0.3) is 0 Å². The topological polar surface area (TPSA) is 92.8 Å². The van der Waals surface area contributed by atoms with Gasteiger partial charge < -0.3 is 15.0 Å². The Hall–Kier alpha value is -1.41. The molecule has 0 aromatic carbocycles. The lowest BCUT2D eigenvalue weighted by Gasteiger charge is -2.63. The highest BCUT2D eigenvalue weighted by Crippen LogP contribution is 2.88. The number of nitrogens with one attached hydrogen (secondary N) is 1. The Morgan fingerprint density at radius 2 is 1.67 bits per heavy atom. The summed E-state index contributed by atoms with van der Waals surface area (Å²) in [7, 11) is 4.16. The zero-order chi connectivity index (χ0) is 31.2. The smallest absolute Gasteiger partial charge is 0.302 e. The molecule has 8 heteroatoms. The lowest BCUT2D eigenvalue weighted by Crippen LogP contribution is -2.64. The summed E-state index contributed by atoms with van der Waals surface area (Å²) in [6.07, 6.45) is 5.81. The Bertz CT molecular complexity index is 1170. The molecule has 0 heterocycles. The molecule has 5 aliphatic rings. The summed E-state index contributed by atoms with van der Waals surface area (Å²) in [5, 5.41) is 3.49. The second-order valence-corrected chi connectivity index (χ2v) is 17.2. The van der Waals surface area contributed by atoms with Gasteiger partial charge in [-0.2, -0.15) is 0 Å². The van der Waals surface area contributed by atoms with Crippen molar-refractivity contribution in [3.8, 4) is 0 Å². The average molecular weight is 603 g/mol. The standard InChI is InChI=1S/C34H54N2O5S/c1-19(2)29(40)35-26-13-14-33-17-34(33)25(12-11-24(33)30(26,6)18-42-22(5)38)31(7)15-23(41-21(4)37)28(20(3)36(9)10)32(31,8)16-27(34)39/h19-20,23-26,28H,11-18H2,1-10H3,(H,35,40)/t20-,23+,24-,25?,26?,28?,30-,31-,32?,33?,34?/m0/s1. The van der Waals surface area contributed by atoms with E-state index >= 15 is 0 Å². The number of thioether (sulfide) groups is 1. The predicted octanol–water partition coefficient (Wildman–Crippen LogP) is 5.50.